The molecule has 2 rings (SSSR count). The Kier molecular flexibility index (Phi) is 4.27. The molecule has 108 valence electrons. The van der Waals surface area contributed by atoms with Crippen LogP contribution in [0.15, 0.2) is 24.3 Å². The van der Waals surface area contributed by atoms with E-state index in [1.165, 1.54) is 12.1 Å². The third-order valence-corrected chi connectivity index (χ3v) is 3.79. The largest absolute Gasteiger partial charge is 0.508 e. The van der Waals surface area contributed by atoms with Crippen LogP contribution in [0.5, 0.6) is 5.75 Å². The number of carboxylic acid groups (broad SMARTS) is 1. The minimum absolute atomic E-state index is 0.0218. The lowest BCUT2D eigenvalue weighted by Gasteiger charge is -2.37. The highest BCUT2D eigenvalue weighted by Crippen LogP contribution is 2.31. The minimum atomic E-state index is -0.900. The summed E-state index contributed by atoms with van der Waals surface area (Å²) in [5, 5.41) is 21.3. The Morgan fingerprint density at radius 3 is 2.50 bits per heavy atom. The molecule has 0 radical (unpaired) electrons. The SMILES string of the molecule is O=C(O)CC1(NC(=O)c2cccc(O)c2)CCCCC1. The summed E-state index contributed by atoms with van der Waals surface area (Å²) in [7, 11) is 0. The van der Waals surface area contributed by atoms with Crippen molar-refractivity contribution in [2.75, 3.05) is 0 Å². The maximum Gasteiger partial charge on any atom is 0.305 e. The highest BCUT2D eigenvalue weighted by atomic mass is 16.4. The summed E-state index contributed by atoms with van der Waals surface area (Å²) in [5.74, 6) is -1.21. The van der Waals surface area contributed by atoms with Crippen LogP contribution in [0, 0.1) is 0 Å². The number of aliphatic carboxylic acids is 1. The van der Waals surface area contributed by atoms with Crippen LogP contribution < -0.4 is 5.32 Å². The van der Waals surface area contributed by atoms with Crippen molar-refractivity contribution in [2.24, 2.45) is 0 Å². The maximum absolute atomic E-state index is 12.2. The second kappa shape index (κ2) is 5.94. The molecular formula is C15H19NO4. The van der Waals surface area contributed by atoms with E-state index < -0.39 is 11.5 Å². The van der Waals surface area contributed by atoms with E-state index in [4.69, 9.17) is 5.11 Å². The van der Waals surface area contributed by atoms with Crippen LogP contribution >= 0.6 is 0 Å². The summed E-state index contributed by atoms with van der Waals surface area (Å²) in [6.45, 7) is 0. The molecule has 3 N–H and O–H groups in total. The average Bonchev–Trinajstić information content (AvgIpc) is 2.38. The van der Waals surface area contributed by atoms with Crippen LogP contribution in [0.25, 0.3) is 0 Å². The fraction of sp³-hybridized carbons (Fsp3) is 0.467. The maximum atomic E-state index is 12.2. The van der Waals surface area contributed by atoms with Gasteiger partial charge in [0.2, 0.25) is 0 Å². The molecule has 0 unspecified atom stereocenters. The van der Waals surface area contributed by atoms with Gasteiger partial charge >= 0.3 is 5.97 Å². The van der Waals surface area contributed by atoms with Gasteiger partial charge in [0.05, 0.1) is 12.0 Å². The molecule has 1 saturated carbocycles. The van der Waals surface area contributed by atoms with E-state index in [2.05, 4.69) is 5.32 Å². The number of rotatable bonds is 4. The highest BCUT2D eigenvalue weighted by Gasteiger charge is 2.36. The van der Waals surface area contributed by atoms with Gasteiger partial charge in [0.15, 0.2) is 0 Å². The van der Waals surface area contributed by atoms with Crippen molar-refractivity contribution in [3.05, 3.63) is 29.8 Å². The number of carboxylic acids is 1. The monoisotopic (exact) mass is 277 g/mol. The van der Waals surface area contributed by atoms with Crippen LogP contribution in [0.2, 0.25) is 0 Å². The van der Waals surface area contributed by atoms with E-state index in [-0.39, 0.29) is 18.1 Å². The third-order valence-electron chi connectivity index (χ3n) is 3.79. The third kappa shape index (κ3) is 3.50. The van der Waals surface area contributed by atoms with Crippen molar-refractivity contribution < 1.29 is 19.8 Å². The fourth-order valence-electron chi connectivity index (χ4n) is 2.82. The molecule has 0 saturated heterocycles. The second-order valence-corrected chi connectivity index (χ2v) is 5.42. The number of carbonyl (C=O) groups is 2. The summed E-state index contributed by atoms with van der Waals surface area (Å²) >= 11 is 0. The number of amides is 1. The number of carbonyl (C=O) groups excluding carboxylic acids is 1. The zero-order valence-electron chi connectivity index (χ0n) is 11.3. The first-order chi connectivity index (χ1) is 9.51. The zero-order valence-corrected chi connectivity index (χ0v) is 11.3. The molecule has 1 aromatic carbocycles. The topological polar surface area (TPSA) is 86.6 Å². The predicted octanol–water partition coefficient (Wildman–Crippen LogP) is 2.30. The molecule has 1 aliphatic rings. The second-order valence-electron chi connectivity index (χ2n) is 5.42. The van der Waals surface area contributed by atoms with Crippen LogP contribution in [0.1, 0.15) is 48.9 Å². The summed E-state index contributed by atoms with van der Waals surface area (Å²) in [6.07, 6.45) is 4.23. The van der Waals surface area contributed by atoms with Crippen molar-refractivity contribution in [3.8, 4) is 5.75 Å². The molecule has 1 aromatic rings. The fourth-order valence-corrected chi connectivity index (χ4v) is 2.82. The molecular weight excluding hydrogens is 258 g/mol. The quantitative estimate of drug-likeness (QED) is 0.788. The van der Waals surface area contributed by atoms with Gasteiger partial charge in [-0.2, -0.15) is 0 Å². The number of hydrogen-bond acceptors (Lipinski definition) is 3. The Bertz CT molecular complexity index is 506. The van der Waals surface area contributed by atoms with Gasteiger partial charge < -0.3 is 15.5 Å². The Labute approximate surface area is 117 Å². The van der Waals surface area contributed by atoms with E-state index in [1.807, 2.05) is 0 Å². The van der Waals surface area contributed by atoms with Crippen LogP contribution in [0.4, 0.5) is 0 Å². The zero-order chi connectivity index (χ0) is 14.6. The first-order valence-corrected chi connectivity index (χ1v) is 6.84. The Hall–Kier alpha value is -2.04. The van der Waals surface area contributed by atoms with Crippen molar-refractivity contribution >= 4 is 11.9 Å². The number of benzene rings is 1. The number of hydrogen-bond donors (Lipinski definition) is 3. The molecule has 0 atom stereocenters. The van der Waals surface area contributed by atoms with Gasteiger partial charge in [-0.25, -0.2) is 0 Å². The van der Waals surface area contributed by atoms with Gasteiger partial charge in [-0.15, -0.1) is 0 Å². The lowest BCUT2D eigenvalue weighted by atomic mass is 9.79. The van der Waals surface area contributed by atoms with Crippen molar-refractivity contribution in [1.29, 1.82) is 0 Å². The van der Waals surface area contributed by atoms with Crippen molar-refractivity contribution in [3.63, 3.8) is 0 Å². The highest BCUT2D eigenvalue weighted by molar-refractivity contribution is 5.95. The van der Waals surface area contributed by atoms with Gasteiger partial charge in [0.25, 0.3) is 5.91 Å². The van der Waals surface area contributed by atoms with Gasteiger partial charge in [-0.3, -0.25) is 9.59 Å². The number of phenols is 1. The Morgan fingerprint density at radius 1 is 1.20 bits per heavy atom. The lowest BCUT2D eigenvalue weighted by Crippen LogP contribution is -2.51. The number of aromatic hydroxyl groups is 1. The average molecular weight is 277 g/mol. The number of phenolic OH excluding ortho intramolecular Hbond substituents is 1. The summed E-state index contributed by atoms with van der Waals surface area (Å²) in [5.41, 5.74) is -0.313. The van der Waals surface area contributed by atoms with Crippen molar-refractivity contribution in [2.45, 2.75) is 44.1 Å². The molecule has 0 bridgehead atoms. The Balaban J connectivity index is 2.15. The molecule has 1 aliphatic carbocycles. The lowest BCUT2D eigenvalue weighted by molar-refractivity contribution is -0.139. The van der Waals surface area contributed by atoms with E-state index in [0.717, 1.165) is 19.3 Å². The Morgan fingerprint density at radius 2 is 1.90 bits per heavy atom. The standard InChI is InChI=1S/C15H19NO4/c17-12-6-4-5-11(9-12)14(20)16-15(10-13(18)19)7-2-1-3-8-15/h4-6,9,17H,1-3,7-8,10H2,(H,16,20)(H,18,19). The van der Waals surface area contributed by atoms with Gasteiger partial charge in [-0.1, -0.05) is 25.3 Å². The van der Waals surface area contributed by atoms with Crippen molar-refractivity contribution in [1.82, 2.24) is 5.32 Å². The van der Waals surface area contributed by atoms with Crippen LogP contribution in [-0.4, -0.2) is 27.6 Å². The molecule has 0 heterocycles. The molecule has 0 aliphatic heterocycles. The number of nitrogens with one attached hydrogen (secondary N) is 1. The predicted molar refractivity (Wildman–Crippen MR) is 73.6 cm³/mol. The molecule has 1 amide bonds. The summed E-state index contributed by atoms with van der Waals surface area (Å²) in [6, 6.07) is 6.07. The van der Waals surface area contributed by atoms with Gasteiger partial charge in [-0.05, 0) is 31.0 Å². The van der Waals surface area contributed by atoms with E-state index in [0.29, 0.717) is 18.4 Å². The summed E-state index contributed by atoms with van der Waals surface area (Å²) < 4.78 is 0. The normalized spacial score (nSPS) is 17.4. The summed E-state index contributed by atoms with van der Waals surface area (Å²) in [4.78, 5) is 23.3. The first-order valence-electron chi connectivity index (χ1n) is 6.84. The van der Waals surface area contributed by atoms with Crippen LogP contribution in [-0.2, 0) is 4.79 Å². The minimum Gasteiger partial charge on any atom is -0.508 e. The van der Waals surface area contributed by atoms with Gasteiger partial charge in [0.1, 0.15) is 5.75 Å². The first kappa shape index (κ1) is 14.4. The molecule has 0 spiro atoms. The molecule has 0 aromatic heterocycles. The molecule has 5 heteroatoms. The van der Waals surface area contributed by atoms with E-state index in [9.17, 15) is 14.7 Å². The smallest absolute Gasteiger partial charge is 0.305 e. The van der Waals surface area contributed by atoms with Crippen LogP contribution in [0.3, 0.4) is 0 Å². The van der Waals surface area contributed by atoms with E-state index >= 15 is 0 Å². The molecule has 20 heavy (non-hydrogen) atoms. The molecule has 5 nitrogen and oxygen atoms in total. The van der Waals surface area contributed by atoms with Gasteiger partial charge in [0, 0.05) is 5.56 Å². The molecule has 1 fully saturated rings. The van der Waals surface area contributed by atoms with E-state index in [1.54, 1.807) is 12.1 Å².